The highest BCUT2D eigenvalue weighted by molar-refractivity contribution is 5.64. The van der Waals surface area contributed by atoms with E-state index < -0.39 is 0 Å². The molecule has 4 heteroatoms. The van der Waals surface area contributed by atoms with Crippen molar-refractivity contribution in [3.05, 3.63) is 40.6 Å². The van der Waals surface area contributed by atoms with Crippen LogP contribution in [0.25, 0.3) is 11.4 Å². The molecule has 0 atom stereocenters. The minimum Gasteiger partial charge on any atom is -0.308 e. The van der Waals surface area contributed by atoms with Crippen LogP contribution < -0.4 is 11.3 Å². The third-order valence-corrected chi connectivity index (χ3v) is 4.42. The van der Waals surface area contributed by atoms with E-state index >= 15 is 0 Å². The molecule has 2 aromatic rings. The summed E-state index contributed by atoms with van der Waals surface area (Å²) >= 11 is 0. The van der Waals surface area contributed by atoms with Gasteiger partial charge in [0.25, 0.3) is 0 Å². The second-order valence-corrected chi connectivity index (χ2v) is 5.77. The summed E-state index contributed by atoms with van der Waals surface area (Å²) < 4.78 is 0. The Kier molecular flexibility index (Phi) is 3.88. The molecule has 1 aromatic carbocycles. The molecule has 0 radical (unpaired) electrons. The molecule has 0 fully saturated rings. The number of hydrazine groups is 1. The van der Waals surface area contributed by atoms with Crippen LogP contribution in [0.2, 0.25) is 0 Å². The Bertz CT molecular complexity index is 664. The lowest BCUT2D eigenvalue weighted by molar-refractivity contribution is 0.709. The summed E-state index contributed by atoms with van der Waals surface area (Å²) in [7, 11) is 0. The van der Waals surface area contributed by atoms with Gasteiger partial charge in [0.15, 0.2) is 5.82 Å². The number of benzene rings is 1. The number of anilines is 1. The van der Waals surface area contributed by atoms with Crippen molar-refractivity contribution in [1.82, 2.24) is 9.97 Å². The smallest absolute Gasteiger partial charge is 0.162 e. The highest BCUT2D eigenvalue weighted by Crippen LogP contribution is 2.29. The first-order valence-electron chi connectivity index (χ1n) is 7.63. The van der Waals surface area contributed by atoms with Crippen molar-refractivity contribution in [3.63, 3.8) is 0 Å². The van der Waals surface area contributed by atoms with E-state index in [9.17, 15) is 0 Å². The Labute approximate surface area is 125 Å². The van der Waals surface area contributed by atoms with Crippen molar-refractivity contribution in [2.45, 2.75) is 46.0 Å². The number of aromatic nitrogens is 2. The van der Waals surface area contributed by atoms with Crippen LogP contribution in [-0.2, 0) is 12.8 Å². The summed E-state index contributed by atoms with van der Waals surface area (Å²) in [6.45, 7) is 4.24. The molecule has 21 heavy (non-hydrogen) atoms. The fourth-order valence-electron chi connectivity index (χ4n) is 3.00. The Hall–Kier alpha value is -1.94. The van der Waals surface area contributed by atoms with Crippen LogP contribution in [-0.4, -0.2) is 9.97 Å². The summed E-state index contributed by atoms with van der Waals surface area (Å²) in [5.74, 6) is 7.27. The Morgan fingerprint density at radius 3 is 2.67 bits per heavy atom. The largest absolute Gasteiger partial charge is 0.308 e. The van der Waals surface area contributed by atoms with Crippen LogP contribution in [0, 0.1) is 13.8 Å². The van der Waals surface area contributed by atoms with Gasteiger partial charge in [-0.25, -0.2) is 15.8 Å². The molecule has 3 rings (SSSR count). The van der Waals surface area contributed by atoms with E-state index in [0.717, 1.165) is 35.7 Å². The summed E-state index contributed by atoms with van der Waals surface area (Å²) in [5.41, 5.74) is 8.72. The fourth-order valence-corrected chi connectivity index (χ4v) is 3.00. The monoisotopic (exact) mass is 282 g/mol. The number of aryl methyl sites for hydroxylation is 2. The van der Waals surface area contributed by atoms with Crippen LogP contribution in [0.5, 0.6) is 0 Å². The molecule has 0 spiro atoms. The summed E-state index contributed by atoms with van der Waals surface area (Å²) in [5, 5.41) is 0. The zero-order chi connectivity index (χ0) is 14.8. The molecular weight excluding hydrogens is 260 g/mol. The number of nitrogens with one attached hydrogen (secondary N) is 1. The van der Waals surface area contributed by atoms with E-state index in [-0.39, 0.29) is 0 Å². The number of hydrogen-bond donors (Lipinski definition) is 2. The van der Waals surface area contributed by atoms with Crippen LogP contribution >= 0.6 is 0 Å². The van der Waals surface area contributed by atoms with Gasteiger partial charge >= 0.3 is 0 Å². The third kappa shape index (κ3) is 2.63. The molecule has 3 N–H and O–H groups in total. The predicted octanol–water partition coefficient (Wildman–Crippen LogP) is 3.31. The molecule has 0 bridgehead atoms. The normalized spacial score (nSPS) is 14.4. The van der Waals surface area contributed by atoms with Gasteiger partial charge in [-0.2, -0.15) is 0 Å². The van der Waals surface area contributed by atoms with E-state index in [0.29, 0.717) is 0 Å². The molecule has 0 unspecified atom stereocenters. The van der Waals surface area contributed by atoms with E-state index in [1.807, 2.05) is 0 Å². The van der Waals surface area contributed by atoms with Crippen molar-refractivity contribution in [3.8, 4) is 11.4 Å². The van der Waals surface area contributed by atoms with Gasteiger partial charge in [0, 0.05) is 16.8 Å². The zero-order valence-corrected chi connectivity index (χ0v) is 12.7. The number of nitrogen functional groups attached to an aromatic ring is 1. The molecular formula is C17H22N4. The van der Waals surface area contributed by atoms with Crippen molar-refractivity contribution in [2.75, 3.05) is 5.43 Å². The maximum Gasteiger partial charge on any atom is 0.162 e. The molecule has 1 heterocycles. The van der Waals surface area contributed by atoms with Crippen molar-refractivity contribution >= 4 is 5.82 Å². The topological polar surface area (TPSA) is 63.8 Å². The van der Waals surface area contributed by atoms with E-state index in [1.54, 1.807) is 0 Å². The molecule has 1 aliphatic carbocycles. The van der Waals surface area contributed by atoms with Gasteiger partial charge in [-0.1, -0.05) is 24.6 Å². The summed E-state index contributed by atoms with van der Waals surface area (Å²) in [6, 6.07) is 6.26. The lowest BCUT2D eigenvalue weighted by Crippen LogP contribution is -2.14. The molecule has 4 nitrogen and oxygen atoms in total. The maximum atomic E-state index is 5.70. The first-order chi connectivity index (χ1) is 10.2. The molecule has 0 amide bonds. The average Bonchev–Trinajstić information content (AvgIpc) is 2.74. The summed E-state index contributed by atoms with van der Waals surface area (Å²) in [4.78, 5) is 9.52. The highest BCUT2D eigenvalue weighted by atomic mass is 15.3. The number of rotatable bonds is 2. The van der Waals surface area contributed by atoms with Crippen LogP contribution in [0.15, 0.2) is 18.2 Å². The van der Waals surface area contributed by atoms with E-state index in [1.165, 1.54) is 36.0 Å². The highest BCUT2D eigenvalue weighted by Gasteiger charge is 2.17. The lowest BCUT2D eigenvalue weighted by atomic mass is 10.0. The number of hydrogen-bond acceptors (Lipinski definition) is 4. The minimum atomic E-state index is 0.782. The van der Waals surface area contributed by atoms with Crippen molar-refractivity contribution in [1.29, 1.82) is 0 Å². The minimum absolute atomic E-state index is 0.782. The van der Waals surface area contributed by atoms with E-state index in [2.05, 4.69) is 42.5 Å². The Balaban J connectivity index is 2.16. The number of nitrogens with zero attached hydrogens (tertiary/aromatic N) is 2. The van der Waals surface area contributed by atoms with E-state index in [4.69, 9.17) is 10.8 Å². The molecule has 0 saturated carbocycles. The standard InChI is InChI=1S/C17H22N4/c1-11-7-6-9-13(12(11)2)16-19-15-10-5-3-4-8-14(15)17(20-16)21-18/h6-7,9H,3-5,8,10,18H2,1-2H3,(H,19,20,21). The van der Waals surface area contributed by atoms with Gasteiger partial charge in [-0.3, -0.25) is 0 Å². The molecule has 0 aliphatic heterocycles. The van der Waals surface area contributed by atoms with Gasteiger partial charge in [0.05, 0.1) is 0 Å². The zero-order valence-electron chi connectivity index (χ0n) is 12.7. The van der Waals surface area contributed by atoms with Gasteiger partial charge in [-0.15, -0.1) is 0 Å². The molecule has 1 aromatic heterocycles. The second kappa shape index (κ2) is 5.82. The van der Waals surface area contributed by atoms with Crippen LogP contribution in [0.3, 0.4) is 0 Å². The first-order valence-corrected chi connectivity index (χ1v) is 7.63. The van der Waals surface area contributed by atoms with Gasteiger partial charge < -0.3 is 5.43 Å². The molecule has 110 valence electrons. The molecule has 0 saturated heterocycles. The summed E-state index contributed by atoms with van der Waals surface area (Å²) in [6.07, 6.45) is 5.67. The van der Waals surface area contributed by atoms with Crippen LogP contribution in [0.1, 0.15) is 41.6 Å². The maximum absolute atomic E-state index is 5.70. The van der Waals surface area contributed by atoms with Crippen molar-refractivity contribution < 1.29 is 0 Å². The Morgan fingerprint density at radius 1 is 1.05 bits per heavy atom. The SMILES string of the molecule is Cc1cccc(-c2nc3c(c(NN)n2)CCCCC3)c1C. The van der Waals surface area contributed by atoms with Gasteiger partial charge in [-0.05, 0) is 50.7 Å². The third-order valence-electron chi connectivity index (χ3n) is 4.42. The number of nitrogens with two attached hydrogens (primary N) is 1. The van der Waals surface area contributed by atoms with Crippen LogP contribution in [0.4, 0.5) is 5.82 Å². The quantitative estimate of drug-likeness (QED) is 0.504. The Morgan fingerprint density at radius 2 is 1.86 bits per heavy atom. The second-order valence-electron chi connectivity index (χ2n) is 5.77. The predicted molar refractivity (Wildman–Crippen MR) is 86.0 cm³/mol. The molecule has 1 aliphatic rings. The average molecular weight is 282 g/mol. The number of fused-ring (bicyclic) bond motifs is 1. The van der Waals surface area contributed by atoms with Gasteiger partial charge in [0.2, 0.25) is 0 Å². The first kappa shape index (κ1) is 14.0. The fraction of sp³-hybridized carbons (Fsp3) is 0.412. The lowest BCUT2D eigenvalue weighted by Gasteiger charge is -2.14. The van der Waals surface area contributed by atoms with Gasteiger partial charge in [0.1, 0.15) is 5.82 Å². The van der Waals surface area contributed by atoms with Crippen molar-refractivity contribution in [2.24, 2.45) is 5.84 Å².